The van der Waals surface area contributed by atoms with Crippen LogP contribution >= 0.6 is 0 Å². The molecule has 0 aliphatic heterocycles. The highest BCUT2D eigenvalue weighted by Gasteiger charge is 2.11. The smallest absolute Gasteiger partial charge is 0.408 e. The molecule has 2 aromatic carbocycles. The van der Waals surface area contributed by atoms with Gasteiger partial charge in [-0.2, -0.15) is 0 Å². The van der Waals surface area contributed by atoms with Crippen LogP contribution in [0.1, 0.15) is 25.8 Å². The number of hydrogen-bond donors (Lipinski definition) is 2. The minimum Gasteiger partial charge on any atom is -0.408 e. The second-order valence-electron chi connectivity index (χ2n) is 5.79. The highest BCUT2D eigenvalue weighted by molar-refractivity contribution is 6.01. The first-order valence-electron chi connectivity index (χ1n) is 8.41. The van der Waals surface area contributed by atoms with Gasteiger partial charge in [-0.05, 0) is 36.6 Å². The van der Waals surface area contributed by atoms with Crippen LogP contribution in [0.25, 0.3) is 11.1 Å². The number of hydrogen-bond acceptors (Lipinski definition) is 3. The number of anilines is 2. The molecule has 3 aromatic rings. The molecule has 25 heavy (non-hydrogen) atoms. The summed E-state index contributed by atoms with van der Waals surface area (Å²) in [6.45, 7) is 4.64. The Balaban J connectivity index is 1.78. The number of oxazole rings is 1. The summed E-state index contributed by atoms with van der Waals surface area (Å²) in [7, 11) is 0. The number of nitrogens with one attached hydrogen (secondary N) is 2. The number of benzene rings is 2. The first-order valence-corrected chi connectivity index (χ1v) is 8.41. The van der Waals surface area contributed by atoms with Crippen molar-refractivity contribution in [1.82, 2.24) is 4.57 Å². The molecule has 0 saturated heterocycles. The fourth-order valence-electron chi connectivity index (χ4n) is 2.81. The summed E-state index contributed by atoms with van der Waals surface area (Å²) in [5.41, 5.74) is 3.61. The largest absolute Gasteiger partial charge is 0.419 e. The number of carbonyl (C=O) groups excluding carboxylic acids is 1. The third-order valence-electron chi connectivity index (χ3n) is 4.02. The van der Waals surface area contributed by atoms with E-state index < -0.39 is 0 Å². The summed E-state index contributed by atoms with van der Waals surface area (Å²) in [4.78, 5) is 24.1. The van der Waals surface area contributed by atoms with Crippen molar-refractivity contribution in [2.24, 2.45) is 0 Å². The number of aryl methyl sites for hydroxylation is 2. The number of rotatable bonds is 5. The van der Waals surface area contributed by atoms with Crippen molar-refractivity contribution >= 4 is 28.5 Å². The fourth-order valence-corrected chi connectivity index (χ4v) is 2.81. The van der Waals surface area contributed by atoms with E-state index in [2.05, 4.69) is 10.6 Å². The van der Waals surface area contributed by atoms with E-state index in [0.29, 0.717) is 17.8 Å². The van der Waals surface area contributed by atoms with Gasteiger partial charge in [-0.15, -0.1) is 0 Å². The molecule has 0 bridgehead atoms. The minimum absolute atomic E-state index is 0.337. The summed E-state index contributed by atoms with van der Waals surface area (Å²) in [5, 5.41) is 5.62. The zero-order chi connectivity index (χ0) is 17.8. The van der Waals surface area contributed by atoms with Gasteiger partial charge in [0.15, 0.2) is 5.58 Å². The highest BCUT2D eigenvalue weighted by Crippen LogP contribution is 2.20. The fraction of sp³-hybridized carbons (Fsp3) is 0.263. The monoisotopic (exact) mass is 339 g/mol. The van der Waals surface area contributed by atoms with Crippen molar-refractivity contribution in [2.45, 2.75) is 33.2 Å². The molecule has 2 amide bonds. The van der Waals surface area contributed by atoms with Crippen LogP contribution in [0, 0.1) is 0 Å². The molecule has 130 valence electrons. The molecule has 1 aromatic heterocycles. The highest BCUT2D eigenvalue weighted by atomic mass is 16.4. The Kier molecular flexibility index (Phi) is 4.88. The van der Waals surface area contributed by atoms with E-state index in [1.165, 1.54) is 0 Å². The van der Waals surface area contributed by atoms with Gasteiger partial charge in [-0.1, -0.05) is 32.0 Å². The van der Waals surface area contributed by atoms with Crippen LogP contribution in [0.15, 0.2) is 51.7 Å². The van der Waals surface area contributed by atoms with Gasteiger partial charge in [-0.25, -0.2) is 9.59 Å². The van der Waals surface area contributed by atoms with Crippen LogP contribution in [0.3, 0.4) is 0 Å². The second-order valence-corrected chi connectivity index (χ2v) is 5.79. The zero-order valence-corrected chi connectivity index (χ0v) is 14.3. The van der Waals surface area contributed by atoms with Gasteiger partial charge >= 0.3 is 11.8 Å². The number of aromatic nitrogens is 1. The SMILES string of the molecule is CCCn1c(=O)oc2cc(NC(=O)Nc3ccccc3CC)ccc21. The Morgan fingerprint density at radius 2 is 1.92 bits per heavy atom. The lowest BCUT2D eigenvalue weighted by atomic mass is 10.1. The van der Waals surface area contributed by atoms with Gasteiger partial charge in [0, 0.05) is 24.0 Å². The molecule has 0 saturated carbocycles. The van der Waals surface area contributed by atoms with Crippen molar-refractivity contribution in [3.05, 3.63) is 58.6 Å². The number of carbonyl (C=O) groups is 1. The number of amides is 2. The number of nitrogens with zero attached hydrogens (tertiary/aromatic N) is 1. The van der Waals surface area contributed by atoms with Crippen LogP contribution in [0.2, 0.25) is 0 Å². The quantitative estimate of drug-likeness (QED) is 0.731. The Bertz CT molecular complexity index is 956. The molecule has 6 heteroatoms. The van der Waals surface area contributed by atoms with Crippen LogP contribution in [-0.4, -0.2) is 10.6 Å². The van der Waals surface area contributed by atoms with E-state index >= 15 is 0 Å². The van der Waals surface area contributed by atoms with Crippen molar-refractivity contribution in [3.8, 4) is 0 Å². The van der Waals surface area contributed by atoms with Gasteiger partial charge in [0.05, 0.1) is 5.52 Å². The molecule has 0 unspecified atom stereocenters. The third-order valence-corrected chi connectivity index (χ3v) is 4.02. The minimum atomic E-state index is -0.379. The summed E-state index contributed by atoms with van der Waals surface area (Å²) < 4.78 is 6.86. The average molecular weight is 339 g/mol. The van der Waals surface area contributed by atoms with Crippen LogP contribution in [0.5, 0.6) is 0 Å². The van der Waals surface area contributed by atoms with Gasteiger partial charge in [0.1, 0.15) is 0 Å². The lowest BCUT2D eigenvalue weighted by Crippen LogP contribution is -2.20. The Morgan fingerprint density at radius 1 is 1.12 bits per heavy atom. The molecule has 0 atom stereocenters. The van der Waals surface area contributed by atoms with E-state index in [4.69, 9.17) is 4.42 Å². The molecule has 0 aliphatic rings. The third kappa shape index (κ3) is 3.57. The van der Waals surface area contributed by atoms with Gasteiger partial charge < -0.3 is 15.1 Å². The van der Waals surface area contributed by atoms with Gasteiger partial charge in [-0.3, -0.25) is 4.57 Å². The van der Waals surface area contributed by atoms with Gasteiger partial charge in [0.25, 0.3) is 0 Å². The maximum atomic E-state index is 12.2. The molecule has 2 N–H and O–H groups in total. The van der Waals surface area contributed by atoms with Crippen molar-refractivity contribution in [1.29, 1.82) is 0 Å². The van der Waals surface area contributed by atoms with E-state index in [9.17, 15) is 9.59 Å². The van der Waals surface area contributed by atoms with E-state index in [-0.39, 0.29) is 11.8 Å². The summed E-state index contributed by atoms with van der Waals surface area (Å²) in [6, 6.07) is 12.5. The standard InChI is InChI=1S/C19H21N3O3/c1-3-11-22-16-10-9-14(12-17(16)25-19(22)24)20-18(23)21-15-8-6-5-7-13(15)4-2/h5-10,12H,3-4,11H2,1-2H3,(H2,20,21,23). The normalized spacial score (nSPS) is 10.8. The first-order chi connectivity index (χ1) is 12.1. The topological polar surface area (TPSA) is 76.3 Å². The van der Waals surface area contributed by atoms with E-state index in [0.717, 1.165) is 29.6 Å². The van der Waals surface area contributed by atoms with Crippen LogP contribution in [0.4, 0.5) is 16.2 Å². The van der Waals surface area contributed by atoms with E-state index in [1.54, 1.807) is 22.8 Å². The number of fused-ring (bicyclic) bond motifs is 1. The van der Waals surface area contributed by atoms with E-state index in [1.807, 2.05) is 38.1 Å². The Morgan fingerprint density at radius 3 is 2.68 bits per heavy atom. The molecule has 1 heterocycles. The summed E-state index contributed by atoms with van der Waals surface area (Å²) in [6.07, 6.45) is 1.67. The van der Waals surface area contributed by atoms with Crippen molar-refractivity contribution in [3.63, 3.8) is 0 Å². The molecule has 0 spiro atoms. The maximum absolute atomic E-state index is 12.2. The maximum Gasteiger partial charge on any atom is 0.419 e. The first kappa shape index (κ1) is 16.8. The van der Waals surface area contributed by atoms with Crippen LogP contribution < -0.4 is 16.4 Å². The number of para-hydroxylation sites is 1. The predicted molar refractivity (Wildman–Crippen MR) is 99.2 cm³/mol. The molecule has 3 rings (SSSR count). The van der Waals surface area contributed by atoms with Crippen LogP contribution in [-0.2, 0) is 13.0 Å². The Labute approximate surface area is 145 Å². The Hall–Kier alpha value is -3.02. The lowest BCUT2D eigenvalue weighted by Gasteiger charge is -2.11. The van der Waals surface area contributed by atoms with Gasteiger partial charge in [0.2, 0.25) is 0 Å². The molecule has 0 fully saturated rings. The number of urea groups is 1. The second kappa shape index (κ2) is 7.25. The summed E-state index contributed by atoms with van der Waals surface area (Å²) >= 11 is 0. The zero-order valence-electron chi connectivity index (χ0n) is 14.3. The molecule has 0 radical (unpaired) electrons. The molecular weight excluding hydrogens is 318 g/mol. The average Bonchev–Trinajstić information content (AvgIpc) is 2.90. The molecule has 0 aliphatic carbocycles. The predicted octanol–water partition coefficient (Wildman–Crippen LogP) is 4.21. The van der Waals surface area contributed by atoms with Crippen molar-refractivity contribution < 1.29 is 9.21 Å². The molecular formula is C19H21N3O3. The summed E-state index contributed by atoms with van der Waals surface area (Å²) in [5.74, 6) is -0.379. The molecule has 6 nitrogen and oxygen atoms in total. The van der Waals surface area contributed by atoms with Crippen molar-refractivity contribution in [2.75, 3.05) is 10.6 Å². The lowest BCUT2D eigenvalue weighted by molar-refractivity contribution is 0.262.